The molecule has 0 atom stereocenters. The van der Waals surface area contributed by atoms with E-state index in [9.17, 15) is 13.2 Å². The van der Waals surface area contributed by atoms with Crippen molar-refractivity contribution in [2.45, 2.75) is 11.4 Å². The molecule has 0 aliphatic carbocycles. The Morgan fingerprint density at radius 2 is 1.87 bits per heavy atom. The molecule has 2 aromatic carbocycles. The number of hydrogen-bond acceptors (Lipinski definition) is 8. The third kappa shape index (κ3) is 4.58. The fraction of sp³-hybridized carbons (Fsp3) is 0.300. The molecular formula is C20H22N6O3S2. The second-order valence-electron chi connectivity index (χ2n) is 7.48. The van der Waals surface area contributed by atoms with E-state index in [1.54, 1.807) is 21.7 Å². The third-order valence-electron chi connectivity index (χ3n) is 4.78. The maximum absolute atomic E-state index is 13.3. The Morgan fingerprint density at radius 3 is 2.61 bits per heavy atom. The van der Waals surface area contributed by atoms with Gasteiger partial charge in [0, 0.05) is 19.3 Å². The van der Waals surface area contributed by atoms with Crippen molar-refractivity contribution < 1.29 is 13.2 Å². The van der Waals surface area contributed by atoms with Gasteiger partial charge in [-0.25, -0.2) is 18.1 Å². The van der Waals surface area contributed by atoms with Crippen molar-refractivity contribution in [3.8, 4) is 0 Å². The largest absolute Gasteiger partial charge is 0.308 e. The minimum absolute atomic E-state index is 0.0262. The van der Waals surface area contributed by atoms with E-state index >= 15 is 0 Å². The molecule has 0 unspecified atom stereocenters. The van der Waals surface area contributed by atoms with Crippen LogP contribution in [0.5, 0.6) is 0 Å². The summed E-state index contributed by atoms with van der Waals surface area (Å²) in [6.07, 6.45) is 1.17. The molecule has 11 heteroatoms. The highest BCUT2D eigenvalue weighted by Crippen LogP contribution is 2.31. The molecule has 4 aromatic rings. The maximum atomic E-state index is 13.3. The normalized spacial score (nSPS) is 12.1. The van der Waals surface area contributed by atoms with Gasteiger partial charge in [-0.2, -0.15) is 0 Å². The molecule has 2 heterocycles. The highest BCUT2D eigenvalue weighted by atomic mass is 32.2. The summed E-state index contributed by atoms with van der Waals surface area (Å²) in [6.45, 7) is 1.12. The van der Waals surface area contributed by atoms with E-state index in [4.69, 9.17) is 0 Å². The summed E-state index contributed by atoms with van der Waals surface area (Å²) in [5.74, 6) is -0.167. The summed E-state index contributed by atoms with van der Waals surface area (Å²) in [7, 11) is 0.545. The lowest BCUT2D eigenvalue weighted by Gasteiger charge is -2.22. The van der Waals surface area contributed by atoms with Crippen LogP contribution in [-0.2, 0) is 21.2 Å². The van der Waals surface area contributed by atoms with Crippen molar-refractivity contribution in [3.63, 3.8) is 0 Å². The number of hydrogen-bond donors (Lipinski definition) is 0. The number of aromatic nitrogens is 4. The number of likely N-dealkylation sites (N-methyl/N-ethyl adjacent to an activating group) is 1. The number of rotatable bonds is 7. The number of para-hydroxylation sites is 1. The molecule has 1 amide bonds. The lowest BCUT2D eigenvalue weighted by atomic mass is 10.3. The van der Waals surface area contributed by atoms with Crippen LogP contribution in [0.2, 0.25) is 0 Å². The number of anilines is 1. The van der Waals surface area contributed by atoms with E-state index in [0.29, 0.717) is 28.4 Å². The van der Waals surface area contributed by atoms with Crippen LogP contribution >= 0.6 is 11.3 Å². The number of nitrogens with zero attached hydrogens (tertiary/aromatic N) is 6. The summed E-state index contributed by atoms with van der Waals surface area (Å²) < 4.78 is 26.1. The molecule has 31 heavy (non-hydrogen) atoms. The molecule has 0 bridgehead atoms. The molecule has 0 spiro atoms. The van der Waals surface area contributed by atoms with Gasteiger partial charge in [-0.05, 0) is 44.4 Å². The van der Waals surface area contributed by atoms with Gasteiger partial charge in [0.15, 0.2) is 15.0 Å². The van der Waals surface area contributed by atoms with Crippen molar-refractivity contribution in [1.29, 1.82) is 0 Å². The molecule has 0 saturated heterocycles. The lowest BCUT2D eigenvalue weighted by molar-refractivity contribution is -0.119. The molecule has 0 aliphatic heterocycles. The van der Waals surface area contributed by atoms with Gasteiger partial charge < -0.3 is 4.90 Å². The molecule has 0 aliphatic rings. The van der Waals surface area contributed by atoms with Crippen LogP contribution in [0.4, 0.5) is 5.13 Å². The first-order valence-corrected chi connectivity index (χ1v) is 12.3. The Morgan fingerprint density at radius 1 is 1.10 bits per heavy atom. The fourth-order valence-corrected chi connectivity index (χ4v) is 4.88. The van der Waals surface area contributed by atoms with Crippen LogP contribution < -0.4 is 4.90 Å². The summed E-state index contributed by atoms with van der Waals surface area (Å²) in [6, 6.07) is 12.3. The lowest BCUT2D eigenvalue weighted by Crippen LogP contribution is -2.38. The maximum Gasteiger partial charge on any atom is 0.250 e. The van der Waals surface area contributed by atoms with Crippen LogP contribution in [0.25, 0.3) is 21.3 Å². The van der Waals surface area contributed by atoms with Crippen molar-refractivity contribution in [1.82, 2.24) is 24.9 Å². The van der Waals surface area contributed by atoms with Gasteiger partial charge >= 0.3 is 0 Å². The number of benzene rings is 2. The van der Waals surface area contributed by atoms with E-state index in [0.717, 1.165) is 11.0 Å². The average molecular weight is 459 g/mol. The van der Waals surface area contributed by atoms with E-state index in [1.165, 1.54) is 23.7 Å². The van der Waals surface area contributed by atoms with Gasteiger partial charge in [-0.15, -0.1) is 5.10 Å². The average Bonchev–Trinajstić information content (AvgIpc) is 3.31. The van der Waals surface area contributed by atoms with Crippen LogP contribution in [0.1, 0.15) is 0 Å². The number of carbonyl (C=O) groups excluding carboxylic acids is 1. The highest BCUT2D eigenvalue weighted by molar-refractivity contribution is 7.90. The Bertz CT molecular complexity index is 1360. The first kappa shape index (κ1) is 21.3. The summed E-state index contributed by atoms with van der Waals surface area (Å²) in [5, 5.41) is 8.75. The minimum atomic E-state index is -3.33. The summed E-state index contributed by atoms with van der Waals surface area (Å²) in [5.41, 5.74) is 2.16. The highest BCUT2D eigenvalue weighted by Gasteiger charge is 2.22. The predicted molar refractivity (Wildman–Crippen MR) is 121 cm³/mol. The fourth-order valence-electron chi connectivity index (χ4n) is 3.11. The molecule has 2 aromatic heterocycles. The van der Waals surface area contributed by atoms with Gasteiger partial charge in [-0.3, -0.25) is 9.69 Å². The van der Waals surface area contributed by atoms with E-state index in [2.05, 4.69) is 15.3 Å². The van der Waals surface area contributed by atoms with Crippen LogP contribution in [0.15, 0.2) is 47.4 Å². The van der Waals surface area contributed by atoms with E-state index < -0.39 is 9.84 Å². The van der Waals surface area contributed by atoms with Gasteiger partial charge in [0.2, 0.25) is 0 Å². The topological polar surface area (TPSA) is 101 Å². The van der Waals surface area contributed by atoms with E-state index in [-0.39, 0.29) is 17.3 Å². The molecule has 4 rings (SSSR count). The zero-order valence-electron chi connectivity index (χ0n) is 17.4. The van der Waals surface area contributed by atoms with Crippen LogP contribution in [0, 0.1) is 0 Å². The molecule has 9 nitrogen and oxygen atoms in total. The smallest absolute Gasteiger partial charge is 0.250 e. The van der Waals surface area contributed by atoms with Crippen LogP contribution in [-0.4, -0.2) is 72.6 Å². The van der Waals surface area contributed by atoms with Gasteiger partial charge in [-0.1, -0.05) is 28.7 Å². The van der Waals surface area contributed by atoms with Gasteiger partial charge in [0.25, 0.3) is 5.91 Å². The first-order valence-electron chi connectivity index (χ1n) is 9.56. The van der Waals surface area contributed by atoms with Crippen molar-refractivity contribution in [2.75, 3.05) is 38.3 Å². The molecule has 0 N–H and O–H groups in total. The molecule has 0 saturated carbocycles. The number of sulfone groups is 1. The Hall–Kier alpha value is -2.89. The number of thiazole rings is 1. The second kappa shape index (κ2) is 8.33. The summed E-state index contributed by atoms with van der Waals surface area (Å²) >= 11 is 1.30. The number of amides is 1. The number of fused-ring (bicyclic) bond motifs is 2. The van der Waals surface area contributed by atoms with Crippen LogP contribution in [0.3, 0.4) is 0 Å². The standard InChI is InChI=1S/C20H22N6O3S2/c1-24(2)10-11-25(19(27)13-26-17-7-5-4-6-15(17)22-23-26)20-21-16-9-8-14(31(3,28)29)12-18(16)30-20/h4-9,12H,10-11,13H2,1-3H3. The van der Waals surface area contributed by atoms with Gasteiger partial charge in [0.05, 0.1) is 20.6 Å². The van der Waals surface area contributed by atoms with Gasteiger partial charge in [0.1, 0.15) is 12.1 Å². The second-order valence-corrected chi connectivity index (χ2v) is 10.5. The van der Waals surface area contributed by atoms with Crippen molar-refractivity contribution in [3.05, 3.63) is 42.5 Å². The molecular weight excluding hydrogens is 436 g/mol. The number of carbonyl (C=O) groups is 1. The van der Waals surface area contributed by atoms with Crippen molar-refractivity contribution >= 4 is 53.5 Å². The molecule has 0 fully saturated rings. The van der Waals surface area contributed by atoms with Crippen molar-refractivity contribution in [2.24, 2.45) is 0 Å². The minimum Gasteiger partial charge on any atom is -0.308 e. The SMILES string of the molecule is CN(C)CCN(C(=O)Cn1nnc2ccccc21)c1nc2ccc(S(C)(=O)=O)cc2s1. The third-order valence-corrected chi connectivity index (χ3v) is 6.94. The first-order chi connectivity index (χ1) is 14.7. The summed E-state index contributed by atoms with van der Waals surface area (Å²) in [4.78, 5) is 21.7. The predicted octanol–water partition coefficient (Wildman–Crippen LogP) is 2.04. The quantitative estimate of drug-likeness (QED) is 0.418. The Kier molecular flexibility index (Phi) is 5.73. The Balaban J connectivity index is 1.67. The Labute approximate surface area is 183 Å². The zero-order valence-corrected chi connectivity index (χ0v) is 19.0. The molecule has 162 valence electrons. The monoisotopic (exact) mass is 458 g/mol. The van der Waals surface area contributed by atoms with E-state index in [1.807, 2.05) is 43.3 Å². The zero-order chi connectivity index (χ0) is 22.2. The molecule has 0 radical (unpaired) electrons.